The lowest BCUT2D eigenvalue weighted by Gasteiger charge is -2.17. The lowest BCUT2D eigenvalue weighted by atomic mass is 10.1. The van der Waals surface area contributed by atoms with E-state index in [4.69, 9.17) is 23.2 Å². The number of benzene rings is 2. The number of hydrogen-bond donors (Lipinski definition) is 1. The third-order valence-corrected chi connectivity index (χ3v) is 5.64. The smallest absolute Gasteiger partial charge is 0.229 e. The van der Waals surface area contributed by atoms with Crippen molar-refractivity contribution in [2.24, 2.45) is 0 Å². The molecule has 7 nitrogen and oxygen atoms in total. The number of sulfonamides is 1. The van der Waals surface area contributed by atoms with E-state index in [-0.39, 0.29) is 23.5 Å². The molecule has 154 valence electrons. The van der Waals surface area contributed by atoms with Crippen LogP contribution in [0.2, 0.25) is 10.0 Å². The van der Waals surface area contributed by atoms with E-state index in [1.165, 1.54) is 30.9 Å². The van der Waals surface area contributed by atoms with Crippen LogP contribution in [0.1, 0.15) is 5.56 Å². The first-order valence-electron chi connectivity index (χ1n) is 8.60. The molecule has 2 aliphatic heterocycles. The molecule has 0 radical (unpaired) electrons. The van der Waals surface area contributed by atoms with E-state index in [2.05, 4.69) is 19.7 Å². The van der Waals surface area contributed by atoms with Crippen LogP contribution in [0.3, 0.4) is 0 Å². The summed E-state index contributed by atoms with van der Waals surface area (Å²) in [7, 11) is -3.64. The molecule has 1 N–H and O–H groups in total. The van der Waals surface area contributed by atoms with Gasteiger partial charge < -0.3 is 4.57 Å². The van der Waals surface area contributed by atoms with Gasteiger partial charge in [-0.25, -0.2) is 27.8 Å². The Morgan fingerprint density at radius 1 is 1.03 bits per heavy atom. The van der Waals surface area contributed by atoms with Crippen LogP contribution < -0.4 is 4.72 Å². The van der Waals surface area contributed by atoms with Gasteiger partial charge >= 0.3 is 0 Å². The normalized spacial score (nSPS) is 11.7. The van der Waals surface area contributed by atoms with E-state index in [1.807, 2.05) is 0 Å². The van der Waals surface area contributed by atoms with E-state index < -0.39 is 15.8 Å². The highest BCUT2D eigenvalue weighted by molar-refractivity contribution is 7.92. The van der Waals surface area contributed by atoms with Gasteiger partial charge in [0.1, 0.15) is 23.5 Å². The molecule has 0 aliphatic carbocycles. The third-order valence-electron chi connectivity index (χ3n) is 4.34. The van der Waals surface area contributed by atoms with Crippen LogP contribution >= 0.6 is 23.2 Å². The van der Waals surface area contributed by atoms with Crippen LogP contribution in [-0.4, -0.2) is 34.2 Å². The summed E-state index contributed by atoms with van der Waals surface area (Å²) in [5.74, 6) is -0.225. The van der Waals surface area contributed by atoms with Crippen LogP contribution in [0.5, 0.6) is 0 Å². The lowest BCUT2D eigenvalue weighted by Crippen LogP contribution is -2.13. The average Bonchev–Trinajstić information content (AvgIpc) is 3.15. The maximum atomic E-state index is 14.7. The number of aromatic nitrogens is 4. The first-order chi connectivity index (χ1) is 14.2. The summed E-state index contributed by atoms with van der Waals surface area (Å²) in [5.41, 5.74) is 1.18. The van der Waals surface area contributed by atoms with E-state index in [1.54, 1.807) is 22.8 Å². The van der Waals surface area contributed by atoms with Crippen LogP contribution in [0, 0.1) is 5.82 Å². The number of nitrogens with one attached hydrogen (secondary N) is 1. The van der Waals surface area contributed by atoms with Gasteiger partial charge in [-0.15, -0.1) is 0 Å². The van der Waals surface area contributed by atoms with E-state index in [0.29, 0.717) is 27.1 Å². The largest absolute Gasteiger partial charge is 0.311 e. The minimum absolute atomic E-state index is 0.0173. The SMILES string of the molecule is CS(=O)(=O)Nc1cccc(F)c1-c1ncn(Cc2c(Cl)cccc2Cl)c2ncnc1-2. The maximum absolute atomic E-state index is 14.7. The van der Waals surface area contributed by atoms with Crippen LogP contribution in [-0.2, 0) is 16.6 Å². The third kappa shape index (κ3) is 3.96. The second-order valence-electron chi connectivity index (χ2n) is 6.50. The van der Waals surface area contributed by atoms with E-state index in [9.17, 15) is 12.8 Å². The Morgan fingerprint density at radius 2 is 1.73 bits per heavy atom. The highest BCUT2D eigenvalue weighted by Crippen LogP contribution is 2.36. The Bertz CT molecular complexity index is 1310. The molecule has 2 aliphatic rings. The highest BCUT2D eigenvalue weighted by atomic mass is 35.5. The zero-order valence-corrected chi connectivity index (χ0v) is 17.8. The molecule has 0 spiro atoms. The van der Waals surface area contributed by atoms with Crippen molar-refractivity contribution in [1.82, 2.24) is 19.5 Å². The van der Waals surface area contributed by atoms with E-state index >= 15 is 0 Å². The molecule has 0 aromatic heterocycles. The molecule has 2 aromatic rings. The number of fused-ring (bicyclic) bond motifs is 1. The predicted octanol–water partition coefficient (Wildman–Crippen LogP) is 4.31. The van der Waals surface area contributed by atoms with Crippen molar-refractivity contribution in [2.45, 2.75) is 6.54 Å². The molecule has 11 heteroatoms. The molecule has 0 saturated heterocycles. The Morgan fingerprint density at radius 3 is 2.43 bits per heavy atom. The summed E-state index contributed by atoms with van der Waals surface area (Å²) in [6.07, 6.45) is 3.77. The standard InChI is InChI=1S/C19H14Cl2FN5O2S/c1-30(28,29)26-15-7-3-6-14(22)16(15)17-18-19(24-9-23-18)27(10-25-17)8-11-12(20)4-2-5-13(11)21/h2-7,9-10,26H,8H2,1H3. The molecule has 0 saturated carbocycles. The number of hydrogen-bond acceptors (Lipinski definition) is 5. The van der Waals surface area contributed by atoms with Crippen molar-refractivity contribution in [3.63, 3.8) is 0 Å². The molecule has 0 atom stereocenters. The topological polar surface area (TPSA) is 89.8 Å². The summed E-state index contributed by atoms with van der Waals surface area (Å²) >= 11 is 12.5. The number of rotatable bonds is 5. The summed E-state index contributed by atoms with van der Waals surface area (Å²) < 4.78 is 42.2. The molecule has 0 bridgehead atoms. The molecule has 2 heterocycles. The number of halogens is 3. The van der Waals surface area contributed by atoms with Gasteiger partial charge in [-0.05, 0) is 24.3 Å². The fourth-order valence-corrected chi connectivity index (χ4v) is 4.17. The van der Waals surface area contributed by atoms with Crippen LogP contribution in [0.15, 0.2) is 49.1 Å². The molecule has 0 amide bonds. The van der Waals surface area contributed by atoms with Gasteiger partial charge in [-0.1, -0.05) is 35.3 Å². The quantitative estimate of drug-likeness (QED) is 0.474. The Balaban J connectivity index is 1.85. The second-order valence-corrected chi connectivity index (χ2v) is 9.07. The minimum Gasteiger partial charge on any atom is -0.311 e. The molecule has 4 rings (SSSR count). The monoisotopic (exact) mass is 465 g/mol. The van der Waals surface area contributed by atoms with Gasteiger partial charge in [-0.3, -0.25) is 4.72 Å². The number of anilines is 1. The fraction of sp³-hybridized carbons (Fsp3) is 0.105. The van der Waals surface area contributed by atoms with Gasteiger partial charge in [0.2, 0.25) is 10.0 Å². The summed E-state index contributed by atoms with van der Waals surface area (Å²) in [6.45, 7) is 0.271. The maximum Gasteiger partial charge on any atom is 0.229 e. The van der Waals surface area contributed by atoms with Crippen LogP contribution in [0.25, 0.3) is 22.8 Å². The van der Waals surface area contributed by atoms with E-state index in [0.717, 1.165) is 6.26 Å². The predicted molar refractivity (Wildman–Crippen MR) is 114 cm³/mol. The Kier molecular flexibility index (Phi) is 5.35. The zero-order chi connectivity index (χ0) is 21.5. The highest BCUT2D eigenvalue weighted by Gasteiger charge is 2.24. The fourth-order valence-electron chi connectivity index (χ4n) is 3.08. The van der Waals surface area contributed by atoms with Gasteiger partial charge in [0, 0.05) is 15.6 Å². The molecular weight excluding hydrogens is 452 g/mol. The van der Waals surface area contributed by atoms with Crippen molar-refractivity contribution in [2.75, 3.05) is 11.0 Å². The molecule has 2 aromatic carbocycles. The van der Waals surface area contributed by atoms with Gasteiger partial charge in [-0.2, -0.15) is 0 Å². The first kappa shape index (κ1) is 20.5. The van der Waals surface area contributed by atoms with Crippen LogP contribution in [0.4, 0.5) is 10.1 Å². The van der Waals surface area contributed by atoms with Crippen molar-refractivity contribution < 1.29 is 12.8 Å². The summed E-state index contributed by atoms with van der Waals surface area (Å²) in [4.78, 5) is 12.8. The van der Waals surface area contributed by atoms with Crippen molar-refractivity contribution >= 4 is 38.9 Å². The van der Waals surface area contributed by atoms with Crippen molar-refractivity contribution in [3.05, 3.63) is 70.5 Å². The lowest BCUT2D eigenvalue weighted by molar-refractivity contribution is 0.606. The first-order valence-corrected chi connectivity index (χ1v) is 11.2. The van der Waals surface area contributed by atoms with Crippen molar-refractivity contribution in [3.8, 4) is 22.8 Å². The Hall–Kier alpha value is -2.75. The summed E-state index contributed by atoms with van der Waals surface area (Å²) in [5, 5.41) is 0.973. The van der Waals surface area contributed by atoms with Gasteiger partial charge in [0.05, 0.1) is 30.4 Å². The molecule has 0 unspecified atom stereocenters. The molecule has 30 heavy (non-hydrogen) atoms. The van der Waals surface area contributed by atoms with Crippen molar-refractivity contribution in [1.29, 1.82) is 0 Å². The Labute approximate surface area is 181 Å². The van der Waals surface area contributed by atoms with Gasteiger partial charge in [0.25, 0.3) is 0 Å². The second kappa shape index (κ2) is 7.82. The summed E-state index contributed by atoms with van der Waals surface area (Å²) in [6, 6.07) is 9.27. The van der Waals surface area contributed by atoms with Gasteiger partial charge in [0.15, 0.2) is 5.82 Å². The molecular formula is C19H14Cl2FN5O2S. The average molecular weight is 466 g/mol. The zero-order valence-electron chi connectivity index (χ0n) is 15.5. The molecule has 0 fully saturated rings. The minimum atomic E-state index is -3.64. The number of nitrogens with zero attached hydrogens (tertiary/aromatic N) is 4. The number of imidazole rings is 1.